The first-order chi connectivity index (χ1) is 13.4. The van der Waals surface area contributed by atoms with Gasteiger partial charge in [-0.15, -0.1) is 0 Å². The molecule has 2 rings (SSSR count). The van der Waals surface area contributed by atoms with Crippen LogP contribution in [-0.2, 0) is 16.6 Å². The minimum atomic E-state index is -3.13. The molecule has 0 radical (unpaired) electrons. The molecule has 28 heavy (non-hydrogen) atoms. The van der Waals surface area contributed by atoms with Crippen molar-refractivity contribution < 1.29 is 8.42 Å². The van der Waals surface area contributed by atoms with Gasteiger partial charge in [0.15, 0.2) is 5.96 Å². The summed E-state index contributed by atoms with van der Waals surface area (Å²) in [7, 11) is -1.39. The predicted octanol–water partition coefficient (Wildman–Crippen LogP) is 1.57. The van der Waals surface area contributed by atoms with E-state index < -0.39 is 10.0 Å². The van der Waals surface area contributed by atoms with Crippen molar-refractivity contribution in [2.45, 2.75) is 33.2 Å². The quantitative estimate of drug-likeness (QED) is 0.354. The molecular formula is C19H32N6O2S. The lowest BCUT2D eigenvalue weighted by atomic mass is 10.3. The maximum absolute atomic E-state index is 11.6. The minimum Gasteiger partial charge on any atom is -0.356 e. The Morgan fingerprint density at radius 3 is 2.54 bits per heavy atom. The fourth-order valence-corrected chi connectivity index (χ4v) is 4.09. The van der Waals surface area contributed by atoms with Gasteiger partial charge in [0.05, 0.1) is 17.3 Å². The summed E-state index contributed by atoms with van der Waals surface area (Å²) in [5, 5.41) is 6.54. The van der Waals surface area contributed by atoms with E-state index in [0.29, 0.717) is 19.6 Å². The summed E-state index contributed by atoms with van der Waals surface area (Å²) in [6.07, 6.45) is 2.91. The molecule has 8 nitrogen and oxygen atoms in total. The highest BCUT2D eigenvalue weighted by molar-refractivity contribution is 7.88. The van der Waals surface area contributed by atoms with Crippen LogP contribution in [0.2, 0.25) is 0 Å². The van der Waals surface area contributed by atoms with Crippen LogP contribution in [0.5, 0.6) is 0 Å². The smallest absolute Gasteiger partial charge is 0.211 e. The van der Waals surface area contributed by atoms with E-state index in [9.17, 15) is 8.42 Å². The Balaban J connectivity index is 1.72. The molecule has 2 aromatic rings. The molecule has 0 saturated heterocycles. The van der Waals surface area contributed by atoms with Crippen molar-refractivity contribution in [1.82, 2.24) is 24.5 Å². The largest absolute Gasteiger partial charge is 0.356 e. The lowest BCUT2D eigenvalue weighted by molar-refractivity contribution is 0.424. The normalized spacial score (nSPS) is 12.7. The van der Waals surface area contributed by atoms with Gasteiger partial charge in [-0.25, -0.2) is 17.7 Å². The molecule has 1 heterocycles. The van der Waals surface area contributed by atoms with Crippen LogP contribution in [0.1, 0.15) is 25.6 Å². The maximum atomic E-state index is 11.6. The number of aliphatic imine (C=N–C) groups is 1. The number of para-hydroxylation sites is 2. The second-order valence-corrected chi connectivity index (χ2v) is 8.67. The van der Waals surface area contributed by atoms with Gasteiger partial charge < -0.3 is 15.2 Å². The molecule has 0 aliphatic heterocycles. The Morgan fingerprint density at radius 2 is 1.89 bits per heavy atom. The van der Waals surface area contributed by atoms with Crippen LogP contribution >= 0.6 is 0 Å². The molecule has 2 N–H and O–H groups in total. The van der Waals surface area contributed by atoms with Crippen molar-refractivity contribution in [3.05, 3.63) is 30.1 Å². The standard InChI is InChI=1S/C19H32N6O2S/c1-5-24(28(4,26)27)14-8-12-21-19(20-3)22-13-9-15-25-16(2)23-17-10-6-7-11-18(17)25/h6-7,10-11H,5,8-9,12-15H2,1-4H3,(H2,20,21,22). The van der Waals surface area contributed by atoms with Gasteiger partial charge in [-0.1, -0.05) is 19.1 Å². The number of aromatic nitrogens is 2. The number of benzene rings is 1. The molecule has 0 fully saturated rings. The lowest BCUT2D eigenvalue weighted by Crippen LogP contribution is -2.39. The van der Waals surface area contributed by atoms with Gasteiger partial charge >= 0.3 is 0 Å². The van der Waals surface area contributed by atoms with Gasteiger partial charge in [-0.2, -0.15) is 0 Å². The molecule has 0 atom stereocenters. The molecule has 0 amide bonds. The predicted molar refractivity (Wildman–Crippen MR) is 115 cm³/mol. The van der Waals surface area contributed by atoms with E-state index in [-0.39, 0.29) is 0 Å². The molecular weight excluding hydrogens is 376 g/mol. The number of aryl methyl sites for hydroxylation is 2. The highest BCUT2D eigenvalue weighted by Crippen LogP contribution is 2.15. The zero-order valence-corrected chi connectivity index (χ0v) is 18.1. The van der Waals surface area contributed by atoms with Crippen LogP contribution in [0.15, 0.2) is 29.3 Å². The summed E-state index contributed by atoms with van der Waals surface area (Å²) in [6.45, 7) is 7.22. The third-order valence-corrected chi connectivity index (χ3v) is 6.00. The molecule has 0 aliphatic rings. The van der Waals surface area contributed by atoms with Crippen molar-refractivity contribution >= 4 is 27.0 Å². The molecule has 9 heteroatoms. The Labute approximate surface area is 168 Å². The summed E-state index contributed by atoms with van der Waals surface area (Å²) in [6, 6.07) is 8.17. The SMILES string of the molecule is CCN(CCCNC(=NC)NCCCn1c(C)nc2ccccc21)S(C)(=O)=O. The van der Waals surface area contributed by atoms with Crippen LogP contribution in [-0.4, -0.2) is 67.7 Å². The first kappa shape index (κ1) is 22.2. The van der Waals surface area contributed by atoms with Crippen molar-refractivity contribution in [2.75, 3.05) is 39.5 Å². The van der Waals surface area contributed by atoms with Gasteiger partial charge in [0.25, 0.3) is 0 Å². The second-order valence-electron chi connectivity index (χ2n) is 6.69. The summed E-state index contributed by atoms with van der Waals surface area (Å²) >= 11 is 0. The van der Waals surface area contributed by atoms with Crippen molar-refractivity contribution in [2.24, 2.45) is 4.99 Å². The number of imidazole rings is 1. The molecule has 0 unspecified atom stereocenters. The number of guanidine groups is 1. The van der Waals surface area contributed by atoms with Crippen LogP contribution in [0.25, 0.3) is 11.0 Å². The Bertz CT molecular complexity index is 891. The number of sulfonamides is 1. The van der Waals surface area contributed by atoms with Crippen molar-refractivity contribution in [1.29, 1.82) is 0 Å². The van der Waals surface area contributed by atoms with Gasteiger partial charge in [-0.3, -0.25) is 4.99 Å². The van der Waals surface area contributed by atoms with E-state index in [4.69, 9.17) is 0 Å². The van der Waals surface area contributed by atoms with E-state index in [2.05, 4.69) is 31.2 Å². The van der Waals surface area contributed by atoms with Crippen LogP contribution < -0.4 is 10.6 Å². The third-order valence-electron chi connectivity index (χ3n) is 4.62. The number of nitrogens with zero attached hydrogens (tertiary/aromatic N) is 4. The van der Waals surface area contributed by atoms with E-state index in [1.807, 2.05) is 32.0 Å². The van der Waals surface area contributed by atoms with Crippen LogP contribution in [0, 0.1) is 6.92 Å². The minimum absolute atomic E-state index is 0.494. The monoisotopic (exact) mass is 408 g/mol. The Kier molecular flexibility index (Phi) is 8.25. The molecule has 0 spiro atoms. The fourth-order valence-electron chi connectivity index (χ4n) is 3.16. The van der Waals surface area contributed by atoms with Gasteiger partial charge in [0.2, 0.25) is 10.0 Å². The van der Waals surface area contributed by atoms with Crippen LogP contribution in [0.3, 0.4) is 0 Å². The average Bonchev–Trinajstić information content (AvgIpc) is 2.97. The maximum Gasteiger partial charge on any atom is 0.211 e. The van der Waals surface area contributed by atoms with Gasteiger partial charge in [-0.05, 0) is 31.9 Å². The number of hydrogen-bond donors (Lipinski definition) is 2. The molecule has 156 valence electrons. The first-order valence-electron chi connectivity index (χ1n) is 9.68. The zero-order valence-electron chi connectivity index (χ0n) is 17.3. The first-order valence-corrected chi connectivity index (χ1v) is 11.5. The third kappa shape index (κ3) is 6.20. The average molecular weight is 409 g/mol. The molecule has 0 aliphatic carbocycles. The number of nitrogens with one attached hydrogen (secondary N) is 2. The number of hydrogen-bond acceptors (Lipinski definition) is 4. The van der Waals surface area contributed by atoms with E-state index >= 15 is 0 Å². The number of fused-ring (bicyclic) bond motifs is 1. The zero-order chi connectivity index (χ0) is 20.6. The fraction of sp³-hybridized carbons (Fsp3) is 0.579. The number of rotatable bonds is 10. The molecule has 1 aromatic carbocycles. The highest BCUT2D eigenvalue weighted by Gasteiger charge is 2.13. The Hall–Kier alpha value is -2.13. The summed E-state index contributed by atoms with van der Waals surface area (Å²) < 4.78 is 26.9. The van der Waals surface area contributed by atoms with Crippen LogP contribution in [0.4, 0.5) is 0 Å². The van der Waals surface area contributed by atoms with E-state index in [0.717, 1.165) is 48.7 Å². The van der Waals surface area contributed by atoms with Crippen molar-refractivity contribution in [3.8, 4) is 0 Å². The summed E-state index contributed by atoms with van der Waals surface area (Å²) in [5.41, 5.74) is 2.19. The van der Waals surface area contributed by atoms with Gasteiger partial charge in [0.1, 0.15) is 5.82 Å². The second kappa shape index (κ2) is 10.4. The summed E-state index contributed by atoms with van der Waals surface area (Å²) in [4.78, 5) is 8.81. The topological polar surface area (TPSA) is 91.6 Å². The molecule has 0 saturated carbocycles. The molecule has 1 aromatic heterocycles. The van der Waals surface area contributed by atoms with E-state index in [1.165, 1.54) is 10.6 Å². The lowest BCUT2D eigenvalue weighted by Gasteiger charge is -2.18. The summed E-state index contributed by atoms with van der Waals surface area (Å²) in [5.74, 6) is 1.75. The highest BCUT2D eigenvalue weighted by atomic mass is 32.2. The molecule has 0 bridgehead atoms. The Morgan fingerprint density at radius 1 is 1.21 bits per heavy atom. The van der Waals surface area contributed by atoms with Crippen molar-refractivity contribution in [3.63, 3.8) is 0 Å². The van der Waals surface area contributed by atoms with Gasteiger partial charge in [0, 0.05) is 39.8 Å². The van der Waals surface area contributed by atoms with E-state index in [1.54, 1.807) is 7.05 Å².